The molecular formula is C12H22N2O3S. The van der Waals surface area contributed by atoms with Crippen LogP contribution in [0.5, 0.6) is 0 Å². The molecular weight excluding hydrogens is 252 g/mol. The molecule has 1 fully saturated rings. The van der Waals surface area contributed by atoms with Gasteiger partial charge >= 0.3 is 5.97 Å². The second-order valence-electron chi connectivity index (χ2n) is 5.12. The summed E-state index contributed by atoms with van der Waals surface area (Å²) in [5.74, 6) is -0.664. The molecule has 1 saturated carbocycles. The third-order valence-electron chi connectivity index (χ3n) is 3.23. The minimum absolute atomic E-state index is 0.0793. The molecule has 0 spiro atoms. The smallest absolute Gasteiger partial charge is 0.321 e. The van der Waals surface area contributed by atoms with Crippen LogP contribution in [-0.4, -0.2) is 51.0 Å². The molecule has 6 heteroatoms. The number of nitrogens with two attached hydrogens (primary N) is 1. The number of carbonyl (C=O) groups excluding carboxylic acids is 1. The normalized spacial score (nSPS) is 17.3. The summed E-state index contributed by atoms with van der Waals surface area (Å²) in [6.07, 6.45) is 2.17. The van der Waals surface area contributed by atoms with Crippen LogP contribution in [0.1, 0.15) is 33.6 Å². The molecule has 1 aliphatic carbocycles. The molecule has 1 amide bonds. The van der Waals surface area contributed by atoms with Crippen LogP contribution < -0.4 is 5.73 Å². The number of carboxylic acids is 1. The van der Waals surface area contributed by atoms with E-state index >= 15 is 0 Å². The maximum Gasteiger partial charge on any atom is 0.321 e. The maximum absolute atomic E-state index is 12.0. The van der Waals surface area contributed by atoms with Crippen LogP contribution in [0.4, 0.5) is 0 Å². The lowest BCUT2D eigenvalue weighted by atomic mass is 10.1. The average molecular weight is 274 g/mol. The highest BCUT2D eigenvalue weighted by molar-refractivity contribution is 8.01. The quantitative estimate of drug-likeness (QED) is 0.721. The second-order valence-corrected chi connectivity index (χ2v) is 6.75. The van der Waals surface area contributed by atoms with Gasteiger partial charge < -0.3 is 15.7 Å². The molecule has 0 radical (unpaired) electrons. The largest absolute Gasteiger partial charge is 0.480 e. The third kappa shape index (κ3) is 3.88. The number of amides is 1. The number of hydrogen-bond donors (Lipinski definition) is 2. The molecule has 0 heterocycles. The van der Waals surface area contributed by atoms with Gasteiger partial charge in [-0.2, -0.15) is 0 Å². The van der Waals surface area contributed by atoms with Crippen molar-refractivity contribution >= 4 is 23.6 Å². The number of thioether (sulfide) groups is 1. The van der Waals surface area contributed by atoms with Crippen LogP contribution in [0.3, 0.4) is 0 Å². The fourth-order valence-electron chi connectivity index (χ4n) is 1.74. The number of hydrogen-bond acceptors (Lipinski definition) is 4. The summed E-state index contributed by atoms with van der Waals surface area (Å²) in [7, 11) is 0. The summed E-state index contributed by atoms with van der Waals surface area (Å²) < 4.78 is -0.648. The van der Waals surface area contributed by atoms with Crippen molar-refractivity contribution in [3.05, 3.63) is 0 Å². The van der Waals surface area contributed by atoms with Gasteiger partial charge in [-0.25, -0.2) is 0 Å². The first-order valence-corrected chi connectivity index (χ1v) is 7.20. The van der Waals surface area contributed by atoms with Crippen molar-refractivity contribution in [2.24, 2.45) is 5.73 Å². The summed E-state index contributed by atoms with van der Waals surface area (Å²) in [5.41, 5.74) is 5.62. The Hall–Kier alpha value is -0.750. The van der Waals surface area contributed by atoms with Crippen LogP contribution in [-0.2, 0) is 9.59 Å². The summed E-state index contributed by atoms with van der Waals surface area (Å²) in [6.45, 7) is 6.21. The zero-order chi connectivity index (χ0) is 13.9. The van der Waals surface area contributed by atoms with Gasteiger partial charge in [-0.1, -0.05) is 0 Å². The van der Waals surface area contributed by atoms with Gasteiger partial charge in [0.05, 0.1) is 5.75 Å². The summed E-state index contributed by atoms with van der Waals surface area (Å²) in [6, 6.07) is -0.564. The van der Waals surface area contributed by atoms with E-state index < -0.39 is 16.8 Å². The number of nitrogens with zero attached hydrogens (tertiary/aromatic N) is 1. The Morgan fingerprint density at radius 3 is 2.44 bits per heavy atom. The highest BCUT2D eigenvalue weighted by Gasteiger charge is 2.35. The molecule has 0 aliphatic heterocycles. The number of rotatable bonds is 7. The van der Waals surface area contributed by atoms with Gasteiger partial charge in [0.2, 0.25) is 5.91 Å². The molecule has 0 saturated heterocycles. The molecule has 0 aromatic rings. The Morgan fingerprint density at radius 1 is 1.50 bits per heavy atom. The van der Waals surface area contributed by atoms with E-state index in [0.29, 0.717) is 6.04 Å². The van der Waals surface area contributed by atoms with Gasteiger partial charge in [-0.05, 0) is 33.6 Å². The fraction of sp³-hybridized carbons (Fsp3) is 0.833. The first-order valence-electron chi connectivity index (χ1n) is 6.21. The van der Waals surface area contributed by atoms with Crippen LogP contribution in [0.15, 0.2) is 0 Å². The minimum Gasteiger partial charge on any atom is -0.480 e. The van der Waals surface area contributed by atoms with Crippen molar-refractivity contribution in [3.63, 3.8) is 0 Å². The minimum atomic E-state index is -1.03. The zero-order valence-electron chi connectivity index (χ0n) is 11.2. The lowest BCUT2D eigenvalue weighted by molar-refractivity contribution is -0.139. The molecule has 1 rings (SSSR count). The highest BCUT2D eigenvalue weighted by atomic mass is 32.2. The first-order chi connectivity index (χ1) is 8.29. The molecule has 0 bridgehead atoms. The molecule has 104 valence electrons. The Labute approximate surface area is 112 Å². The number of carbonyl (C=O) groups is 2. The number of aliphatic carboxylic acids is 1. The first kappa shape index (κ1) is 15.3. The molecule has 0 aromatic carbocycles. The highest BCUT2D eigenvalue weighted by Crippen LogP contribution is 2.30. The topological polar surface area (TPSA) is 83.6 Å². The number of carboxylic acid groups (broad SMARTS) is 1. The molecule has 18 heavy (non-hydrogen) atoms. The molecule has 1 aliphatic rings. The van der Waals surface area contributed by atoms with Crippen LogP contribution >= 0.6 is 11.8 Å². The predicted molar refractivity (Wildman–Crippen MR) is 72.6 cm³/mol. The Morgan fingerprint density at radius 2 is 2.06 bits per heavy atom. The molecule has 1 atom stereocenters. The monoisotopic (exact) mass is 274 g/mol. The molecule has 3 N–H and O–H groups in total. The Balaban J connectivity index is 2.48. The summed E-state index contributed by atoms with van der Waals surface area (Å²) >= 11 is 1.32. The van der Waals surface area contributed by atoms with Crippen LogP contribution in [0, 0.1) is 0 Å². The van der Waals surface area contributed by atoms with E-state index in [1.807, 2.05) is 11.8 Å². The van der Waals surface area contributed by atoms with Gasteiger partial charge in [-0.3, -0.25) is 9.59 Å². The van der Waals surface area contributed by atoms with Crippen molar-refractivity contribution in [2.45, 2.75) is 50.4 Å². The van der Waals surface area contributed by atoms with E-state index in [1.54, 1.807) is 13.8 Å². The third-order valence-corrected chi connectivity index (χ3v) is 4.62. The van der Waals surface area contributed by atoms with E-state index in [-0.39, 0.29) is 11.7 Å². The molecule has 0 unspecified atom stereocenters. The van der Waals surface area contributed by atoms with E-state index in [4.69, 9.17) is 10.8 Å². The molecule has 0 aromatic heterocycles. The van der Waals surface area contributed by atoms with E-state index in [2.05, 4.69) is 0 Å². The van der Waals surface area contributed by atoms with E-state index in [1.165, 1.54) is 11.8 Å². The maximum atomic E-state index is 12.0. The van der Waals surface area contributed by atoms with Crippen molar-refractivity contribution in [2.75, 3.05) is 12.3 Å². The van der Waals surface area contributed by atoms with Gasteiger partial charge in [0.25, 0.3) is 0 Å². The predicted octanol–water partition coefficient (Wildman–Crippen LogP) is 0.921. The van der Waals surface area contributed by atoms with Gasteiger partial charge in [-0.15, -0.1) is 11.8 Å². The average Bonchev–Trinajstić information content (AvgIpc) is 3.10. The fourth-order valence-corrected chi connectivity index (χ4v) is 2.68. The van der Waals surface area contributed by atoms with Gasteiger partial charge in [0.1, 0.15) is 6.04 Å². The second kappa shape index (κ2) is 5.93. The lowest BCUT2D eigenvalue weighted by Crippen LogP contribution is -2.47. The Kier molecular flexibility index (Phi) is 5.04. The van der Waals surface area contributed by atoms with Gasteiger partial charge in [0.15, 0.2) is 0 Å². The van der Waals surface area contributed by atoms with Crippen molar-refractivity contribution < 1.29 is 14.7 Å². The standard InChI is InChI=1S/C12H22N2O3S/c1-4-14(8-5-6-8)9(15)7-18-12(2,3)10(13)11(16)17/h8,10H,4-7,13H2,1-3H3,(H,16,17)/t10-/m1/s1. The van der Waals surface area contributed by atoms with E-state index in [0.717, 1.165) is 19.4 Å². The van der Waals surface area contributed by atoms with Crippen LogP contribution in [0.2, 0.25) is 0 Å². The summed E-state index contributed by atoms with van der Waals surface area (Å²) in [4.78, 5) is 24.7. The van der Waals surface area contributed by atoms with Crippen LogP contribution in [0.25, 0.3) is 0 Å². The zero-order valence-corrected chi connectivity index (χ0v) is 12.0. The van der Waals surface area contributed by atoms with Crippen molar-refractivity contribution in [3.8, 4) is 0 Å². The molecule has 5 nitrogen and oxygen atoms in total. The lowest BCUT2D eigenvalue weighted by Gasteiger charge is -2.29. The van der Waals surface area contributed by atoms with Gasteiger partial charge in [0, 0.05) is 17.3 Å². The van der Waals surface area contributed by atoms with Crippen molar-refractivity contribution in [1.82, 2.24) is 4.90 Å². The summed E-state index contributed by atoms with van der Waals surface area (Å²) in [5, 5.41) is 8.90. The van der Waals surface area contributed by atoms with E-state index in [9.17, 15) is 9.59 Å². The van der Waals surface area contributed by atoms with Crippen molar-refractivity contribution in [1.29, 1.82) is 0 Å². The SMILES string of the molecule is CCN(C(=O)CSC(C)(C)[C@H](N)C(=O)O)C1CC1. The Bertz CT molecular complexity index is 329.